The summed E-state index contributed by atoms with van der Waals surface area (Å²) in [6.07, 6.45) is 0.626. The van der Waals surface area contributed by atoms with E-state index in [-0.39, 0.29) is 18.6 Å². The largest absolute Gasteiger partial charge is 0.479 e. The number of carbonyl (C=O) groups excluding carboxylic acids is 1. The van der Waals surface area contributed by atoms with Crippen LogP contribution in [0.5, 0.6) is 0 Å². The zero-order valence-corrected chi connectivity index (χ0v) is 9.27. The van der Waals surface area contributed by atoms with Crippen molar-refractivity contribution in [1.82, 2.24) is 5.32 Å². The highest BCUT2D eigenvalue weighted by molar-refractivity contribution is 5.78. The van der Waals surface area contributed by atoms with Crippen LogP contribution in [0.3, 0.4) is 0 Å². The fourth-order valence-electron chi connectivity index (χ4n) is 1.38. The lowest BCUT2D eigenvalue weighted by Gasteiger charge is -2.23. The fraction of sp³-hybridized carbons (Fsp3) is 0.800. The molecular formula is C10H17NO5. The van der Waals surface area contributed by atoms with Gasteiger partial charge in [-0.3, -0.25) is 4.79 Å². The van der Waals surface area contributed by atoms with Crippen molar-refractivity contribution in [1.29, 1.82) is 0 Å². The van der Waals surface area contributed by atoms with Crippen molar-refractivity contribution in [3.8, 4) is 0 Å². The highest BCUT2D eigenvalue weighted by atomic mass is 16.5. The first kappa shape index (κ1) is 12.9. The lowest BCUT2D eigenvalue weighted by atomic mass is 10.1. The van der Waals surface area contributed by atoms with Gasteiger partial charge in [0, 0.05) is 19.3 Å². The van der Waals surface area contributed by atoms with Crippen LogP contribution in [-0.2, 0) is 19.1 Å². The molecule has 92 valence electrons. The predicted molar refractivity (Wildman–Crippen MR) is 55.0 cm³/mol. The Balaban J connectivity index is 2.17. The Hall–Kier alpha value is -1.14. The second kappa shape index (κ2) is 6.44. The quantitative estimate of drug-likeness (QED) is 0.682. The van der Waals surface area contributed by atoms with Gasteiger partial charge in [-0.2, -0.15) is 0 Å². The van der Waals surface area contributed by atoms with Gasteiger partial charge in [-0.15, -0.1) is 0 Å². The predicted octanol–water partition coefficient (Wildman–Crippen LogP) is -0.229. The van der Waals surface area contributed by atoms with Gasteiger partial charge in [-0.25, -0.2) is 4.79 Å². The summed E-state index contributed by atoms with van der Waals surface area (Å²) in [4.78, 5) is 21.8. The first-order chi connectivity index (χ1) is 7.59. The van der Waals surface area contributed by atoms with Crippen molar-refractivity contribution in [3.63, 3.8) is 0 Å². The van der Waals surface area contributed by atoms with Crippen LogP contribution in [0.4, 0.5) is 0 Å². The van der Waals surface area contributed by atoms with Crippen LogP contribution in [0.15, 0.2) is 0 Å². The van der Waals surface area contributed by atoms with Crippen molar-refractivity contribution in [2.75, 3.05) is 19.8 Å². The summed E-state index contributed by atoms with van der Waals surface area (Å²) in [6.45, 7) is 2.48. The van der Waals surface area contributed by atoms with Gasteiger partial charge in [0.15, 0.2) is 6.10 Å². The molecule has 16 heavy (non-hydrogen) atoms. The number of carboxylic acid groups (broad SMARTS) is 1. The van der Waals surface area contributed by atoms with Gasteiger partial charge in [-0.1, -0.05) is 0 Å². The number of nitrogens with one attached hydrogen (secondary N) is 1. The maximum atomic E-state index is 11.4. The number of amides is 1. The molecule has 0 aromatic carbocycles. The number of aliphatic carboxylic acids is 1. The minimum absolute atomic E-state index is 0.116. The number of carboxylic acids is 1. The lowest BCUT2D eigenvalue weighted by Crippen LogP contribution is -2.41. The summed E-state index contributed by atoms with van der Waals surface area (Å²) >= 11 is 0. The van der Waals surface area contributed by atoms with Crippen molar-refractivity contribution < 1.29 is 24.2 Å². The molecule has 0 aromatic heterocycles. The van der Waals surface area contributed by atoms with Gasteiger partial charge in [0.1, 0.15) is 6.61 Å². The van der Waals surface area contributed by atoms with Crippen molar-refractivity contribution in [2.24, 2.45) is 0 Å². The second-order valence-corrected chi connectivity index (χ2v) is 3.75. The third kappa shape index (κ3) is 4.59. The molecule has 6 heteroatoms. The molecule has 1 fully saturated rings. The first-order valence-electron chi connectivity index (χ1n) is 5.31. The molecule has 1 amide bonds. The van der Waals surface area contributed by atoms with E-state index in [0.29, 0.717) is 13.2 Å². The van der Waals surface area contributed by atoms with Crippen LogP contribution >= 0.6 is 0 Å². The molecular weight excluding hydrogens is 214 g/mol. The molecule has 0 aromatic rings. The molecule has 1 atom stereocenters. The van der Waals surface area contributed by atoms with Gasteiger partial charge in [0.2, 0.25) is 5.91 Å². The molecule has 1 rings (SSSR count). The summed E-state index contributed by atoms with van der Waals surface area (Å²) in [5.41, 5.74) is 0. The van der Waals surface area contributed by atoms with Crippen LogP contribution < -0.4 is 5.32 Å². The van der Waals surface area contributed by atoms with Crippen LogP contribution in [0.2, 0.25) is 0 Å². The maximum absolute atomic E-state index is 11.4. The third-order valence-corrected chi connectivity index (χ3v) is 2.40. The molecule has 0 saturated carbocycles. The number of hydrogen-bond acceptors (Lipinski definition) is 4. The van der Waals surface area contributed by atoms with Crippen molar-refractivity contribution >= 4 is 11.9 Å². The van der Waals surface area contributed by atoms with Gasteiger partial charge >= 0.3 is 5.97 Å². The molecule has 1 unspecified atom stereocenters. The smallest absolute Gasteiger partial charge is 0.332 e. The summed E-state index contributed by atoms with van der Waals surface area (Å²) in [5, 5.41) is 11.3. The van der Waals surface area contributed by atoms with E-state index in [1.807, 2.05) is 0 Å². The van der Waals surface area contributed by atoms with Crippen molar-refractivity contribution in [3.05, 3.63) is 0 Å². The van der Waals surface area contributed by atoms with E-state index in [1.54, 1.807) is 0 Å². The summed E-state index contributed by atoms with van der Waals surface area (Å²) in [6, 6.07) is 0.116. The molecule has 0 radical (unpaired) electrons. The molecule has 2 N–H and O–H groups in total. The average Bonchev–Trinajstić information content (AvgIpc) is 2.27. The topological polar surface area (TPSA) is 84.9 Å². The summed E-state index contributed by atoms with van der Waals surface area (Å²) in [7, 11) is 0. The summed E-state index contributed by atoms with van der Waals surface area (Å²) in [5.74, 6) is -1.35. The molecule has 1 saturated heterocycles. The molecule has 1 heterocycles. The Morgan fingerprint density at radius 1 is 1.50 bits per heavy atom. The average molecular weight is 231 g/mol. The van der Waals surface area contributed by atoms with Crippen LogP contribution in [0.1, 0.15) is 19.8 Å². The van der Waals surface area contributed by atoms with E-state index in [2.05, 4.69) is 5.32 Å². The number of carbonyl (C=O) groups is 2. The number of hydrogen-bond donors (Lipinski definition) is 2. The van der Waals surface area contributed by atoms with Crippen LogP contribution in [-0.4, -0.2) is 48.9 Å². The fourth-order valence-corrected chi connectivity index (χ4v) is 1.38. The van der Waals surface area contributed by atoms with Crippen LogP contribution in [0.25, 0.3) is 0 Å². The second-order valence-electron chi connectivity index (χ2n) is 3.75. The van der Waals surface area contributed by atoms with Crippen molar-refractivity contribution in [2.45, 2.75) is 31.9 Å². The molecule has 0 bridgehead atoms. The molecule has 0 spiro atoms. The normalized spacial score (nSPS) is 19.1. The standard InChI is InChI=1S/C10H17NO5/c1-7(10(13)14)16-6-9(12)11-8-2-4-15-5-3-8/h7-8H,2-6H2,1H3,(H,11,12)(H,13,14). The number of ether oxygens (including phenoxy) is 2. The monoisotopic (exact) mass is 231 g/mol. The SMILES string of the molecule is CC(OCC(=O)NC1CCOCC1)C(=O)O. The van der Waals surface area contributed by atoms with Gasteiger partial charge in [0.05, 0.1) is 0 Å². The Morgan fingerprint density at radius 2 is 2.12 bits per heavy atom. The Bertz CT molecular complexity index is 250. The van der Waals surface area contributed by atoms with Gasteiger partial charge < -0.3 is 19.9 Å². The zero-order chi connectivity index (χ0) is 12.0. The number of rotatable bonds is 5. The van der Waals surface area contributed by atoms with E-state index >= 15 is 0 Å². The first-order valence-corrected chi connectivity index (χ1v) is 5.31. The van der Waals surface area contributed by atoms with E-state index in [9.17, 15) is 9.59 Å². The summed E-state index contributed by atoms with van der Waals surface area (Å²) < 4.78 is 10.0. The highest BCUT2D eigenvalue weighted by Crippen LogP contribution is 2.05. The van der Waals surface area contributed by atoms with E-state index < -0.39 is 12.1 Å². The molecule has 1 aliphatic rings. The van der Waals surface area contributed by atoms with E-state index in [4.69, 9.17) is 14.6 Å². The van der Waals surface area contributed by atoms with Crippen LogP contribution in [0, 0.1) is 0 Å². The minimum Gasteiger partial charge on any atom is -0.479 e. The van der Waals surface area contributed by atoms with E-state index in [1.165, 1.54) is 6.92 Å². The lowest BCUT2D eigenvalue weighted by molar-refractivity contribution is -0.151. The van der Waals surface area contributed by atoms with Gasteiger partial charge in [-0.05, 0) is 19.8 Å². The minimum atomic E-state index is -1.07. The van der Waals surface area contributed by atoms with Gasteiger partial charge in [0.25, 0.3) is 0 Å². The zero-order valence-electron chi connectivity index (χ0n) is 9.27. The Kier molecular flexibility index (Phi) is 5.21. The third-order valence-electron chi connectivity index (χ3n) is 2.40. The Labute approximate surface area is 93.9 Å². The molecule has 0 aliphatic carbocycles. The maximum Gasteiger partial charge on any atom is 0.332 e. The molecule has 6 nitrogen and oxygen atoms in total. The Morgan fingerprint density at radius 3 is 2.69 bits per heavy atom. The van der Waals surface area contributed by atoms with E-state index in [0.717, 1.165) is 12.8 Å². The molecule has 1 aliphatic heterocycles. The highest BCUT2D eigenvalue weighted by Gasteiger charge is 2.18.